The molecule has 0 fully saturated rings. The molecule has 0 unspecified atom stereocenters. The summed E-state index contributed by atoms with van der Waals surface area (Å²) in [5, 5.41) is 0. The number of aromatic nitrogens is 1. The van der Waals surface area contributed by atoms with Gasteiger partial charge in [-0.2, -0.15) is 0 Å². The van der Waals surface area contributed by atoms with Gasteiger partial charge in [-0.15, -0.1) is 0 Å². The number of hydrogen-bond acceptors (Lipinski definition) is 2. The SMILES string of the molecule is Cc1ccc(COC(C)C)nc1. The Morgan fingerprint density at radius 3 is 2.67 bits per heavy atom. The predicted octanol–water partition coefficient (Wildman–Crippen LogP) is 2.32. The van der Waals surface area contributed by atoms with Crippen LogP contribution in [0.3, 0.4) is 0 Å². The normalized spacial score (nSPS) is 10.7. The number of nitrogens with zero attached hydrogens (tertiary/aromatic N) is 1. The first-order valence-electron chi connectivity index (χ1n) is 4.21. The fourth-order valence-electron chi connectivity index (χ4n) is 0.836. The summed E-state index contributed by atoms with van der Waals surface area (Å²) in [5.74, 6) is 0. The Labute approximate surface area is 73.6 Å². The highest BCUT2D eigenvalue weighted by atomic mass is 16.5. The molecular formula is C10H15NO. The van der Waals surface area contributed by atoms with E-state index in [0.29, 0.717) is 6.61 Å². The summed E-state index contributed by atoms with van der Waals surface area (Å²) in [7, 11) is 0. The van der Waals surface area contributed by atoms with Crippen LogP contribution in [0.2, 0.25) is 0 Å². The van der Waals surface area contributed by atoms with Crippen molar-refractivity contribution in [3.8, 4) is 0 Å². The van der Waals surface area contributed by atoms with Crippen molar-refractivity contribution in [2.45, 2.75) is 33.5 Å². The maximum Gasteiger partial charge on any atom is 0.0891 e. The molecule has 0 radical (unpaired) electrons. The van der Waals surface area contributed by atoms with Crippen LogP contribution in [0.5, 0.6) is 0 Å². The molecule has 0 aliphatic rings. The van der Waals surface area contributed by atoms with Gasteiger partial charge in [-0.1, -0.05) is 6.07 Å². The number of pyridine rings is 1. The second-order valence-corrected chi connectivity index (χ2v) is 3.19. The van der Waals surface area contributed by atoms with Gasteiger partial charge in [-0.3, -0.25) is 4.98 Å². The molecular weight excluding hydrogens is 150 g/mol. The van der Waals surface area contributed by atoms with E-state index in [0.717, 1.165) is 5.69 Å². The number of hydrogen-bond donors (Lipinski definition) is 0. The van der Waals surface area contributed by atoms with E-state index in [1.165, 1.54) is 5.56 Å². The lowest BCUT2D eigenvalue weighted by molar-refractivity contribution is 0.0636. The van der Waals surface area contributed by atoms with Gasteiger partial charge in [0.05, 0.1) is 18.4 Å². The molecule has 1 aromatic heterocycles. The molecule has 0 aliphatic heterocycles. The van der Waals surface area contributed by atoms with Crippen LogP contribution in [0.25, 0.3) is 0 Å². The zero-order valence-corrected chi connectivity index (χ0v) is 7.87. The Balaban J connectivity index is 2.48. The van der Waals surface area contributed by atoms with Crippen LogP contribution in [0.4, 0.5) is 0 Å². The molecule has 1 rings (SSSR count). The minimum absolute atomic E-state index is 0.271. The Hall–Kier alpha value is -0.890. The van der Waals surface area contributed by atoms with Crippen molar-refractivity contribution in [2.75, 3.05) is 0 Å². The summed E-state index contributed by atoms with van der Waals surface area (Å²) < 4.78 is 5.41. The van der Waals surface area contributed by atoms with E-state index in [2.05, 4.69) is 4.98 Å². The van der Waals surface area contributed by atoms with Gasteiger partial charge in [0.15, 0.2) is 0 Å². The second kappa shape index (κ2) is 4.21. The molecule has 2 nitrogen and oxygen atoms in total. The first kappa shape index (κ1) is 9.20. The molecule has 1 heterocycles. The average Bonchev–Trinajstić information content (AvgIpc) is 2.03. The molecule has 0 saturated heterocycles. The third-order valence-corrected chi connectivity index (χ3v) is 1.54. The van der Waals surface area contributed by atoms with Crippen molar-refractivity contribution in [1.29, 1.82) is 0 Å². The van der Waals surface area contributed by atoms with E-state index >= 15 is 0 Å². The average molecular weight is 165 g/mol. The van der Waals surface area contributed by atoms with Crippen molar-refractivity contribution in [1.82, 2.24) is 4.98 Å². The molecule has 0 saturated carbocycles. The van der Waals surface area contributed by atoms with E-state index in [9.17, 15) is 0 Å². The Morgan fingerprint density at radius 2 is 2.17 bits per heavy atom. The highest BCUT2D eigenvalue weighted by molar-refractivity contribution is 5.11. The van der Waals surface area contributed by atoms with Gasteiger partial charge in [0, 0.05) is 6.20 Å². The lowest BCUT2D eigenvalue weighted by Crippen LogP contribution is -2.03. The van der Waals surface area contributed by atoms with Crippen LogP contribution in [-0.2, 0) is 11.3 Å². The largest absolute Gasteiger partial charge is 0.373 e. The molecule has 0 aromatic carbocycles. The first-order valence-corrected chi connectivity index (χ1v) is 4.21. The summed E-state index contributed by atoms with van der Waals surface area (Å²) >= 11 is 0. The maximum atomic E-state index is 5.41. The van der Waals surface area contributed by atoms with Crippen LogP contribution in [0, 0.1) is 6.92 Å². The summed E-state index contributed by atoms with van der Waals surface area (Å²) in [5.41, 5.74) is 2.18. The smallest absolute Gasteiger partial charge is 0.0891 e. The molecule has 0 aliphatic carbocycles. The number of ether oxygens (including phenoxy) is 1. The van der Waals surface area contributed by atoms with Gasteiger partial charge in [-0.25, -0.2) is 0 Å². The predicted molar refractivity (Wildman–Crippen MR) is 48.9 cm³/mol. The van der Waals surface area contributed by atoms with Gasteiger partial charge in [0.1, 0.15) is 0 Å². The highest BCUT2D eigenvalue weighted by Gasteiger charge is 1.96. The minimum Gasteiger partial charge on any atom is -0.373 e. The summed E-state index contributed by atoms with van der Waals surface area (Å²) in [4.78, 5) is 4.23. The summed E-state index contributed by atoms with van der Waals surface area (Å²) in [6, 6.07) is 4.05. The van der Waals surface area contributed by atoms with E-state index in [1.54, 1.807) is 0 Å². The zero-order chi connectivity index (χ0) is 8.97. The summed E-state index contributed by atoms with van der Waals surface area (Å²) in [6.07, 6.45) is 2.13. The van der Waals surface area contributed by atoms with Crippen molar-refractivity contribution in [2.24, 2.45) is 0 Å². The van der Waals surface area contributed by atoms with Gasteiger partial charge in [-0.05, 0) is 32.4 Å². The lowest BCUT2D eigenvalue weighted by atomic mass is 10.3. The number of aryl methyl sites for hydroxylation is 1. The lowest BCUT2D eigenvalue weighted by Gasteiger charge is -2.06. The molecule has 66 valence electrons. The van der Waals surface area contributed by atoms with Crippen molar-refractivity contribution in [3.63, 3.8) is 0 Å². The fourth-order valence-corrected chi connectivity index (χ4v) is 0.836. The molecule has 0 atom stereocenters. The first-order chi connectivity index (χ1) is 5.68. The molecule has 1 aromatic rings. The Bertz CT molecular complexity index is 228. The second-order valence-electron chi connectivity index (χ2n) is 3.19. The fraction of sp³-hybridized carbons (Fsp3) is 0.500. The van der Waals surface area contributed by atoms with Gasteiger partial charge in [0.25, 0.3) is 0 Å². The molecule has 0 N–H and O–H groups in total. The van der Waals surface area contributed by atoms with Crippen molar-refractivity contribution in [3.05, 3.63) is 29.6 Å². The zero-order valence-electron chi connectivity index (χ0n) is 7.87. The third-order valence-electron chi connectivity index (χ3n) is 1.54. The minimum atomic E-state index is 0.271. The third kappa shape index (κ3) is 3.01. The standard InChI is InChI=1S/C10H15NO/c1-8(2)12-7-10-5-4-9(3)6-11-10/h4-6,8H,7H2,1-3H3. The van der Waals surface area contributed by atoms with E-state index < -0.39 is 0 Å². The summed E-state index contributed by atoms with van der Waals surface area (Å²) in [6.45, 7) is 6.68. The molecule has 12 heavy (non-hydrogen) atoms. The highest BCUT2D eigenvalue weighted by Crippen LogP contribution is 2.01. The van der Waals surface area contributed by atoms with Crippen LogP contribution >= 0.6 is 0 Å². The van der Waals surface area contributed by atoms with Crippen LogP contribution in [0.1, 0.15) is 25.1 Å². The Morgan fingerprint density at radius 1 is 1.42 bits per heavy atom. The van der Waals surface area contributed by atoms with Crippen molar-refractivity contribution < 1.29 is 4.74 Å². The molecule has 2 heteroatoms. The van der Waals surface area contributed by atoms with E-state index in [-0.39, 0.29) is 6.10 Å². The van der Waals surface area contributed by atoms with Gasteiger partial charge in [0.2, 0.25) is 0 Å². The van der Waals surface area contributed by atoms with Gasteiger partial charge >= 0.3 is 0 Å². The van der Waals surface area contributed by atoms with Crippen LogP contribution in [0.15, 0.2) is 18.3 Å². The topological polar surface area (TPSA) is 22.1 Å². The molecule has 0 bridgehead atoms. The number of rotatable bonds is 3. The quantitative estimate of drug-likeness (QED) is 0.685. The van der Waals surface area contributed by atoms with Crippen LogP contribution < -0.4 is 0 Å². The van der Waals surface area contributed by atoms with E-state index in [4.69, 9.17) is 4.74 Å². The molecule has 0 spiro atoms. The maximum absolute atomic E-state index is 5.41. The molecule has 0 amide bonds. The monoisotopic (exact) mass is 165 g/mol. The Kier molecular flexibility index (Phi) is 3.23. The van der Waals surface area contributed by atoms with E-state index in [1.807, 2.05) is 39.1 Å². The van der Waals surface area contributed by atoms with Crippen molar-refractivity contribution >= 4 is 0 Å². The van der Waals surface area contributed by atoms with Gasteiger partial charge < -0.3 is 4.74 Å². The van der Waals surface area contributed by atoms with Crippen LogP contribution in [-0.4, -0.2) is 11.1 Å².